The van der Waals surface area contributed by atoms with Crippen molar-refractivity contribution in [1.82, 2.24) is 4.90 Å². The van der Waals surface area contributed by atoms with Crippen LogP contribution in [0, 0.1) is 11.8 Å². The van der Waals surface area contributed by atoms with E-state index < -0.39 is 0 Å². The van der Waals surface area contributed by atoms with Crippen molar-refractivity contribution >= 4 is 11.7 Å². The second-order valence-corrected chi connectivity index (χ2v) is 4.05. The van der Waals surface area contributed by atoms with E-state index in [0.29, 0.717) is 6.42 Å². The van der Waals surface area contributed by atoms with Crippen molar-refractivity contribution in [1.29, 1.82) is 0 Å². The summed E-state index contributed by atoms with van der Waals surface area (Å²) in [6.45, 7) is 1.99. The lowest BCUT2D eigenvalue weighted by Crippen LogP contribution is -2.40. The first-order valence-corrected chi connectivity index (χ1v) is 4.78. The number of Topliss-reactive ketones (excluding diaryl/α,β-unsaturated/α-hetero) is 1. The Morgan fingerprint density at radius 1 is 1.46 bits per heavy atom. The highest BCUT2D eigenvalue weighted by Crippen LogP contribution is 2.27. The average Bonchev–Trinajstić information content (AvgIpc) is 2.03. The minimum atomic E-state index is -0.372. The third-order valence-corrected chi connectivity index (χ3v) is 2.71. The van der Waals surface area contributed by atoms with Gasteiger partial charge in [0.2, 0.25) is 5.91 Å². The van der Waals surface area contributed by atoms with Crippen LogP contribution in [0.5, 0.6) is 0 Å². The fraction of sp³-hybridized carbons (Fsp3) is 0.800. The third kappa shape index (κ3) is 2.08. The van der Waals surface area contributed by atoms with Gasteiger partial charge in [0.15, 0.2) is 0 Å². The van der Waals surface area contributed by atoms with E-state index >= 15 is 0 Å². The number of carbonyl (C=O) groups is 2. The van der Waals surface area contributed by atoms with E-state index in [1.807, 2.05) is 6.92 Å². The van der Waals surface area contributed by atoms with Crippen molar-refractivity contribution in [2.45, 2.75) is 26.2 Å². The Labute approximate surface area is 79.1 Å². The van der Waals surface area contributed by atoms with Gasteiger partial charge in [-0.3, -0.25) is 9.59 Å². The van der Waals surface area contributed by atoms with Crippen molar-refractivity contribution in [3.8, 4) is 0 Å². The van der Waals surface area contributed by atoms with Crippen LogP contribution in [-0.2, 0) is 9.59 Å². The minimum absolute atomic E-state index is 0.0304. The molecule has 74 valence electrons. The van der Waals surface area contributed by atoms with Gasteiger partial charge in [0, 0.05) is 20.5 Å². The maximum absolute atomic E-state index is 11.6. The van der Waals surface area contributed by atoms with E-state index in [1.165, 1.54) is 4.90 Å². The quantitative estimate of drug-likeness (QED) is 0.570. The highest BCUT2D eigenvalue weighted by atomic mass is 16.2. The summed E-state index contributed by atoms with van der Waals surface area (Å²) in [4.78, 5) is 24.6. The van der Waals surface area contributed by atoms with Crippen molar-refractivity contribution in [2.75, 3.05) is 14.1 Å². The first-order chi connectivity index (χ1) is 6.04. The molecule has 1 aliphatic carbocycles. The van der Waals surface area contributed by atoms with E-state index in [-0.39, 0.29) is 23.5 Å². The molecule has 0 aliphatic heterocycles. The molecule has 3 heteroatoms. The van der Waals surface area contributed by atoms with Gasteiger partial charge >= 0.3 is 0 Å². The Balaban J connectivity index is 2.74. The predicted octanol–water partition coefficient (Wildman–Crippen LogP) is 1.08. The average molecular weight is 183 g/mol. The summed E-state index contributed by atoms with van der Waals surface area (Å²) < 4.78 is 0. The molecule has 0 heterocycles. The molecular weight excluding hydrogens is 166 g/mol. The van der Waals surface area contributed by atoms with Crippen LogP contribution < -0.4 is 0 Å². The number of amides is 1. The molecule has 0 aromatic rings. The lowest BCUT2D eigenvalue weighted by molar-refractivity contribution is -0.143. The zero-order chi connectivity index (χ0) is 10.0. The van der Waals surface area contributed by atoms with Crippen LogP contribution in [0.2, 0.25) is 0 Å². The van der Waals surface area contributed by atoms with Gasteiger partial charge in [-0.25, -0.2) is 0 Å². The molecule has 0 saturated heterocycles. The normalized spacial score (nSPS) is 28.7. The smallest absolute Gasteiger partial charge is 0.232 e. The largest absolute Gasteiger partial charge is 0.348 e. The highest BCUT2D eigenvalue weighted by molar-refractivity contribution is 6.01. The van der Waals surface area contributed by atoms with E-state index in [1.54, 1.807) is 14.1 Å². The zero-order valence-corrected chi connectivity index (χ0v) is 8.54. The summed E-state index contributed by atoms with van der Waals surface area (Å²) in [5.74, 6) is -0.0606. The van der Waals surface area contributed by atoms with Gasteiger partial charge < -0.3 is 4.90 Å². The monoisotopic (exact) mass is 183 g/mol. The minimum Gasteiger partial charge on any atom is -0.348 e. The van der Waals surface area contributed by atoms with Crippen LogP contribution in [0.15, 0.2) is 0 Å². The molecule has 2 atom stereocenters. The van der Waals surface area contributed by atoms with Crippen LogP contribution in [0.3, 0.4) is 0 Å². The SMILES string of the molecule is CC1CCCC(=O)C1C(=O)N(C)C. The fourth-order valence-corrected chi connectivity index (χ4v) is 1.90. The second-order valence-electron chi connectivity index (χ2n) is 4.05. The van der Waals surface area contributed by atoms with Gasteiger partial charge in [0.25, 0.3) is 0 Å². The van der Waals surface area contributed by atoms with Crippen molar-refractivity contribution in [3.05, 3.63) is 0 Å². The number of hydrogen-bond acceptors (Lipinski definition) is 2. The van der Waals surface area contributed by atoms with E-state index in [9.17, 15) is 9.59 Å². The molecule has 3 nitrogen and oxygen atoms in total. The molecule has 0 aromatic carbocycles. The standard InChI is InChI=1S/C10H17NO2/c1-7-5-4-6-8(12)9(7)10(13)11(2)3/h7,9H,4-6H2,1-3H3. The van der Waals surface area contributed by atoms with Gasteiger partial charge in [-0.2, -0.15) is 0 Å². The van der Waals surface area contributed by atoms with Crippen LogP contribution in [0.4, 0.5) is 0 Å². The molecule has 1 rings (SSSR count). The Kier molecular flexibility index (Phi) is 3.07. The lowest BCUT2D eigenvalue weighted by atomic mass is 9.79. The summed E-state index contributed by atoms with van der Waals surface area (Å²) >= 11 is 0. The van der Waals surface area contributed by atoms with Gasteiger partial charge in [-0.05, 0) is 18.8 Å². The number of ketones is 1. The molecule has 0 spiro atoms. The zero-order valence-electron chi connectivity index (χ0n) is 8.54. The molecule has 0 aromatic heterocycles. The third-order valence-electron chi connectivity index (χ3n) is 2.71. The Bertz CT molecular complexity index is 223. The molecular formula is C10H17NO2. The molecule has 1 amide bonds. The lowest BCUT2D eigenvalue weighted by Gasteiger charge is -2.28. The summed E-state index contributed by atoms with van der Waals surface area (Å²) in [5.41, 5.74) is 0. The Hall–Kier alpha value is -0.860. The molecule has 0 bridgehead atoms. The van der Waals surface area contributed by atoms with Crippen LogP contribution in [-0.4, -0.2) is 30.7 Å². The van der Waals surface area contributed by atoms with E-state index in [0.717, 1.165) is 12.8 Å². The number of nitrogens with zero attached hydrogens (tertiary/aromatic N) is 1. The topological polar surface area (TPSA) is 37.4 Å². The second kappa shape index (κ2) is 3.90. The van der Waals surface area contributed by atoms with Crippen LogP contribution in [0.1, 0.15) is 26.2 Å². The molecule has 0 radical (unpaired) electrons. The molecule has 2 unspecified atom stereocenters. The number of rotatable bonds is 1. The van der Waals surface area contributed by atoms with Gasteiger partial charge in [-0.15, -0.1) is 0 Å². The first-order valence-electron chi connectivity index (χ1n) is 4.78. The van der Waals surface area contributed by atoms with Crippen LogP contribution in [0.25, 0.3) is 0 Å². The van der Waals surface area contributed by atoms with Crippen molar-refractivity contribution in [3.63, 3.8) is 0 Å². The number of carbonyl (C=O) groups excluding carboxylic acids is 2. The summed E-state index contributed by atoms with van der Waals surface area (Å²) in [7, 11) is 3.41. The Morgan fingerprint density at radius 2 is 2.08 bits per heavy atom. The summed E-state index contributed by atoms with van der Waals surface area (Å²) in [5, 5.41) is 0. The summed E-state index contributed by atoms with van der Waals surface area (Å²) in [6.07, 6.45) is 2.52. The van der Waals surface area contributed by atoms with E-state index in [2.05, 4.69) is 0 Å². The van der Waals surface area contributed by atoms with Gasteiger partial charge in [0.1, 0.15) is 5.78 Å². The van der Waals surface area contributed by atoms with Gasteiger partial charge in [-0.1, -0.05) is 6.92 Å². The fourth-order valence-electron chi connectivity index (χ4n) is 1.90. The number of hydrogen-bond donors (Lipinski definition) is 0. The maximum Gasteiger partial charge on any atom is 0.232 e. The molecule has 13 heavy (non-hydrogen) atoms. The molecule has 1 fully saturated rings. The van der Waals surface area contributed by atoms with Crippen molar-refractivity contribution < 1.29 is 9.59 Å². The maximum atomic E-state index is 11.6. The molecule has 0 N–H and O–H groups in total. The summed E-state index contributed by atoms with van der Waals surface area (Å²) in [6, 6.07) is 0. The van der Waals surface area contributed by atoms with Gasteiger partial charge in [0.05, 0.1) is 5.92 Å². The molecule has 1 aliphatic rings. The Morgan fingerprint density at radius 3 is 2.54 bits per heavy atom. The van der Waals surface area contributed by atoms with Crippen molar-refractivity contribution in [2.24, 2.45) is 11.8 Å². The molecule has 1 saturated carbocycles. The predicted molar refractivity (Wildman–Crippen MR) is 50.2 cm³/mol. The first kappa shape index (κ1) is 10.2. The van der Waals surface area contributed by atoms with E-state index in [4.69, 9.17) is 0 Å². The highest BCUT2D eigenvalue weighted by Gasteiger charge is 2.35. The van der Waals surface area contributed by atoms with Crippen LogP contribution >= 0.6 is 0 Å².